The van der Waals surface area contributed by atoms with Gasteiger partial charge in [-0.1, -0.05) is 84.5 Å². The zero-order valence-corrected chi connectivity index (χ0v) is 24.5. The summed E-state index contributed by atoms with van der Waals surface area (Å²) in [5, 5.41) is 4.65. The molecule has 2 N–H and O–H groups in total. The molecule has 1 heterocycles. The van der Waals surface area contributed by atoms with Crippen molar-refractivity contribution < 1.29 is 30.7 Å². The van der Waals surface area contributed by atoms with Gasteiger partial charge in [0.1, 0.15) is 16.9 Å². The quantitative estimate of drug-likeness (QED) is 0.126. The second-order valence-corrected chi connectivity index (χ2v) is 13.8. The van der Waals surface area contributed by atoms with E-state index in [9.17, 15) is 21.4 Å². The zero-order valence-electron chi connectivity index (χ0n) is 21.3. The van der Waals surface area contributed by atoms with Gasteiger partial charge in [-0.25, -0.2) is 0 Å². The molecule has 1 unspecified atom stereocenters. The van der Waals surface area contributed by atoms with E-state index >= 15 is 0 Å². The van der Waals surface area contributed by atoms with Crippen molar-refractivity contribution in [2.45, 2.75) is 23.1 Å². The summed E-state index contributed by atoms with van der Waals surface area (Å²) >= 11 is 7.71. The molecule has 1 aliphatic rings. The first-order valence-corrected chi connectivity index (χ1v) is 16.7. The van der Waals surface area contributed by atoms with Crippen molar-refractivity contribution >= 4 is 55.0 Å². The number of benzene rings is 3. The first kappa shape index (κ1) is 30.2. The van der Waals surface area contributed by atoms with Crippen LogP contribution < -0.4 is 9.64 Å². The van der Waals surface area contributed by atoms with E-state index < -0.39 is 37.1 Å². The Morgan fingerprint density at radius 1 is 0.950 bits per heavy atom. The smallest absolute Gasteiger partial charge is 0.264 e. The van der Waals surface area contributed by atoms with Crippen molar-refractivity contribution in [3.8, 4) is 16.9 Å². The van der Waals surface area contributed by atoms with Crippen LogP contribution in [0, 0.1) is 0 Å². The molecular formula is C27H28ClN2O7S3-. The monoisotopic (exact) mass is 623 g/mol. The minimum atomic E-state index is -4.12. The number of anilines is 1. The standard InChI is InChI=1S/C27H28ClN2O7S3/c1-19(27-30(14-6-16-40(34,35)36)24-18-22(28)10-12-26(24)38-27)37-25-11-9-21(20-7-3-2-4-8-20)17-23(25)29-13-5-15-39(31,32)33/h2-4,7-12,17-18,27H,1,5-6,13-16H2,(H,31,32,33)(H,34,35,36)/q-1. The molecule has 0 saturated heterocycles. The fourth-order valence-electron chi connectivity index (χ4n) is 4.19. The molecule has 1 aliphatic heterocycles. The Bertz CT molecular complexity index is 1580. The van der Waals surface area contributed by atoms with Crippen molar-refractivity contribution in [2.75, 3.05) is 29.5 Å². The van der Waals surface area contributed by atoms with Gasteiger partial charge in [-0.05, 0) is 41.8 Å². The Labute approximate surface area is 243 Å². The van der Waals surface area contributed by atoms with Crippen LogP contribution in [-0.2, 0) is 20.2 Å². The molecule has 9 nitrogen and oxygen atoms in total. The van der Waals surface area contributed by atoms with Crippen LogP contribution >= 0.6 is 23.4 Å². The fraction of sp³-hybridized carbons (Fsp3) is 0.259. The molecule has 3 aromatic rings. The van der Waals surface area contributed by atoms with Crippen LogP contribution in [0.15, 0.2) is 84.0 Å². The van der Waals surface area contributed by atoms with Crippen molar-refractivity contribution in [2.24, 2.45) is 0 Å². The number of rotatable bonds is 13. The molecule has 0 aliphatic carbocycles. The second kappa shape index (κ2) is 12.8. The number of nitrogens with zero attached hydrogens (tertiary/aromatic N) is 2. The topological polar surface area (TPSA) is 135 Å². The Hall–Kier alpha value is -2.74. The van der Waals surface area contributed by atoms with E-state index in [1.54, 1.807) is 18.2 Å². The lowest BCUT2D eigenvalue weighted by molar-refractivity contribution is 0.409. The molecule has 214 valence electrons. The summed E-state index contributed by atoms with van der Waals surface area (Å²) in [6, 6.07) is 20.6. The largest absolute Gasteiger partial charge is 0.681 e. The Morgan fingerprint density at radius 2 is 1.65 bits per heavy atom. The third kappa shape index (κ3) is 8.38. The highest BCUT2D eigenvalue weighted by Gasteiger charge is 2.33. The van der Waals surface area contributed by atoms with Gasteiger partial charge >= 0.3 is 0 Å². The van der Waals surface area contributed by atoms with E-state index in [1.165, 1.54) is 11.8 Å². The first-order chi connectivity index (χ1) is 18.9. The highest BCUT2D eigenvalue weighted by atomic mass is 35.5. The molecule has 1 atom stereocenters. The maximum atomic E-state index is 11.3. The van der Waals surface area contributed by atoms with Gasteiger partial charge in [-0.3, -0.25) is 9.11 Å². The Kier molecular flexibility index (Phi) is 9.70. The molecule has 4 rings (SSSR count). The second-order valence-electron chi connectivity index (χ2n) is 9.05. The van der Waals surface area contributed by atoms with Gasteiger partial charge < -0.3 is 15.0 Å². The Morgan fingerprint density at radius 3 is 2.35 bits per heavy atom. The SMILES string of the molecule is C=C(Oc1ccc(-c2ccccc2)cc1[N-]CCCS(=O)(=O)O)C1Sc2ccc(Cl)cc2N1CCCS(=O)(=O)O. The maximum Gasteiger partial charge on any atom is 0.264 e. The van der Waals surface area contributed by atoms with E-state index in [0.717, 1.165) is 21.7 Å². The zero-order chi connectivity index (χ0) is 28.9. The fourth-order valence-corrected chi connectivity index (χ4v) is 6.56. The minimum Gasteiger partial charge on any atom is -0.681 e. The van der Waals surface area contributed by atoms with E-state index in [1.807, 2.05) is 53.4 Å². The minimum absolute atomic E-state index is 0.130. The highest BCUT2D eigenvalue weighted by Crippen LogP contribution is 2.48. The van der Waals surface area contributed by atoms with Crippen LogP contribution in [0.3, 0.4) is 0 Å². The molecule has 0 saturated carbocycles. The van der Waals surface area contributed by atoms with Crippen LogP contribution in [0.4, 0.5) is 11.4 Å². The molecule has 13 heteroatoms. The van der Waals surface area contributed by atoms with Crippen LogP contribution in [-0.4, -0.2) is 55.9 Å². The predicted octanol–water partition coefficient (Wildman–Crippen LogP) is 6.40. The van der Waals surface area contributed by atoms with Gasteiger partial charge in [0.15, 0.2) is 0 Å². The molecule has 0 aromatic heterocycles. The van der Waals surface area contributed by atoms with Gasteiger partial charge in [0.2, 0.25) is 0 Å². The average molecular weight is 624 g/mol. The third-order valence-electron chi connectivity index (χ3n) is 5.98. The van der Waals surface area contributed by atoms with Crippen LogP contribution in [0.25, 0.3) is 16.4 Å². The summed E-state index contributed by atoms with van der Waals surface area (Å²) in [6.07, 6.45) is 0.306. The number of ether oxygens (including phenoxy) is 1. The molecule has 0 amide bonds. The van der Waals surface area contributed by atoms with Gasteiger partial charge in [0.05, 0.1) is 17.2 Å². The lowest BCUT2D eigenvalue weighted by Gasteiger charge is -2.30. The van der Waals surface area contributed by atoms with Crippen molar-refractivity contribution in [1.82, 2.24) is 0 Å². The molecular weight excluding hydrogens is 596 g/mol. The number of hydrogen-bond acceptors (Lipinski definition) is 7. The number of thioether (sulfide) groups is 1. The molecule has 3 aromatic carbocycles. The van der Waals surface area contributed by atoms with E-state index in [2.05, 4.69) is 11.9 Å². The number of halogens is 1. The van der Waals surface area contributed by atoms with Crippen LogP contribution in [0.2, 0.25) is 5.02 Å². The van der Waals surface area contributed by atoms with Crippen molar-refractivity contribution in [3.63, 3.8) is 0 Å². The third-order valence-corrected chi connectivity index (χ3v) is 9.16. The van der Waals surface area contributed by atoms with E-state index in [-0.39, 0.29) is 19.4 Å². The molecule has 0 radical (unpaired) electrons. The van der Waals surface area contributed by atoms with E-state index in [4.69, 9.17) is 20.9 Å². The number of hydrogen-bond donors (Lipinski definition) is 2. The average Bonchev–Trinajstić information content (AvgIpc) is 3.24. The van der Waals surface area contributed by atoms with Crippen molar-refractivity contribution in [3.05, 3.63) is 89.4 Å². The van der Waals surface area contributed by atoms with Crippen LogP contribution in [0.1, 0.15) is 12.8 Å². The maximum absolute atomic E-state index is 11.3. The summed E-state index contributed by atoms with van der Waals surface area (Å²) < 4.78 is 69.4. The molecule has 0 bridgehead atoms. The summed E-state index contributed by atoms with van der Waals surface area (Å²) in [6.45, 7) is 4.60. The highest BCUT2D eigenvalue weighted by molar-refractivity contribution is 8.00. The molecule has 0 spiro atoms. The van der Waals surface area contributed by atoms with Gasteiger partial charge in [0.25, 0.3) is 20.2 Å². The number of fused-ring (bicyclic) bond motifs is 1. The first-order valence-electron chi connectivity index (χ1n) is 12.3. The van der Waals surface area contributed by atoms with Gasteiger partial charge in [-0.2, -0.15) is 16.8 Å². The van der Waals surface area contributed by atoms with E-state index in [0.29, 0.717) is 28.8 Å². The predicted molar refractivity (Wildman–Crippen MR) is 160 cm³/mol. The normalized spacial score (nSPS) is 15.1. The summed E-state index contributed by atoms with van der Waals surface area (Å²) in [5.41, 5.74) is 3.14. The van der Waals surface area contributed by atoms with Gasteiger partial charge in [-0.15, -0.1) is 6.54 Å². The Balaban J connectivity index is 1.57. The van der Waals surface area contributed by atoms with Gasteiger partial charge in [0, 0.05) is 16.5 Å². The van der Waals surface area contributed by atoms with Crippen molar-refractivity contribution in [1.29, 1.82) is 0 Å². The molecule has 0 fully saturated rings. The summed E-state index contributed by atoms with van der Waals surface area (Å²) in [7, 11) is -8.22. The van der Waals surface area contributed by atoms with Crippen LogP contribution in [0.5, 0.6) is 5.75 Å². The summed E-state index contributed by atoms with van der Waals surface area (Å²) in [4.78, 5) is 2.85. The molecule has 40 heavy (non-hydrogen) atoms. The lowest BCUT2D eigenvalue weighted by Crippen LogP contribution is -2.34. The lowest BCUT2D eigenvalue weighted by atomic mass is 10.0. The summed E-state index contributed by atoms with van der Waals surface area (Å²) in [5.74, 6) is -0.0250.